The number of aliphatic hydroxyl groups is 3. The quantitative estimate of drug-likeness (QED) is 0.549. The van der Waals surface area contributed by atoms with E-state index in [9.17, 15) is 15.3 Å². The second-order valence-corrected chi connectivity index (χ2v) is 13.5. The van der Waals surface area contributed by atoms with E-state index in [1.165, 1.54) is 5.57 Å². The predicted molar refractivity (Wildman–Crippen MR) is 125 cm³/mol. The first kappa shape index (κ1) is 23.0. The smallest absolute Gasteiger partial charge is 0.165 e. The third-order valence-corrected chi connectivity index (χ3v) is 11.9. The van der Waals surface area contributed by atoms with E-state index in [0.717, 1.165) is 51.4 Å². The largest absolute Gasteiger partial charge is 0.393 e. The number of hydrogen-bond donors (Lipinski definition) is 3. The Morgan fingerprint density at radius 3 is 2.48 bits per heavy atom. The van der Waals surface area contributed by atoms with E-state index in [4.69, 9.17) is 9.47 Å². The zero-order valence-electron chi connectivity index (χ0n) is 20.9. The summed E-state index contributed by atoms with van der Waals surface area (Å²) in [6.45, 7) is 13.3. The van der Waals surface area contributed by atoms with Crippen LogP contribution in [-0.2, 0) is 9.47 Å². The molecule has 0 aromatic rings. The Labute approximate surface area is 198 Å². The van der Waals surface area contributed by atoms with Crippen LogP contribution in [0.1, 0.15) is 85.5 Å². The Kier molecular flexibility index (Phi) is 4.92. The minimum absolute atomic E-state index is 0.0365. The van der Waals surface area contributed by atoms with Crippen LogP contribution in [0.4, 0.5) is 0 Å². The van der Waals surface area contributed by atoms with Crippen LogP contribution < -0.4 is 0 Å². The zero-order valence-corrected chi connectivity index (χ0v) is 20.9. The van der Waals surface area contributed by atoms with Gasteiger partial charge in [0.2, 0.25) is 0 Å². The van der Waals surface area contributed by atoms with E-state index in [2.05, 4.69) is 34.3 Å². The van der Waals surface area contributed by atoms with Crippen LogP contribution in [0.5, 0.6) is 0 Å². The highest BCUT2D eigenvalue weighted by Gasteiger charge is 2.84. The van der Waals surface area contributed by atoms with Crippen LogP contribution >= 0.6 is 0 Å². The van der Waals surface area contributed by atoms with E-state index in [1.54, 1.807) is 0 Å². The van der Waals surface area contributed by atoms with Crippen molar-refractivity contribution in [3.63, 3.8) is 0 Å². The van der Waals surface area contributed by atoms with Crippen molar-refractivity contribution in [2.75, 3.05) is 0 Å². The van der Waals surface area contributed by atoms with Gasteiger partial charge in [-0.25, -0.2) is 0 Å². The highest BCUT2D eigenvalue weighted by atomic mass is 16.7. The standard InChI is InChI=1S/C28H44O5/c1-15(2)16(3)6-10-26(5)21-14-19(30)23-27(21)11-8-20-25(4)9-7-18(29)12-17(25)13-22(31)28(20,23)33-24(27)32-26/h15,17-24,29-31H,3,6-14H2,1-2,4-5H3. The van der Waals surface area contributed by atoms with Crippen molar-refractivity contribution in [2.24, 2.45) is 40.4 Å². The second kappa shape index (κ2) is 7.06. The molecule has 0 radical (unpaired) electrons. The van der Waals surface area contributed by atoms with Crippen molar-refractivity contribution in [3.8, 4) is 0 Å². The van der Waals surface area contributed by atoms with Crippen LogP contribution in [0.2, 0.25) is 0 Å². The molecule has 2 bridgehead atoms. The molecule has 0 aromatic heterocycles. The van der Waals surface area contributed by atoms with Gasteiger partial charge in [-0.2, -0.15) is 0 Å². The Hall–Kier alpha value is -0.460. The van der Waals surface area contributed by atoms with E-state index in [-0.39, 0.29) is 46.6 Å². The molecule has 6 fully saturated rings. The van der Waals surface area contributed by atoms with Gasteiger partial charge in [0.05, 0.1) is 23.9 Å². The Bertz CT molecular complexity index is 842. The molecule has 33 heavy (non-hydrogen) atoms. The van der Waals surface area contributed by atoms with Crippen LogP contribution in [0.25, 0.3) is 0 Å². The summed E-state index contributed by atoms with van der Waals surface area (Å²) in [6.07, 6.45) is 6.20. The van der Waals surface area contributed by atoms with Crippen LogP contribution in [-0.4, -0.2) is 51.1 Å². The average molecular weight is 461 g/mol. The number of rotatable bonds is 4. The molecule has 3 N–H and O–H groups in total. The molecule has 0 amide bonds. The third-order valence-electron chi connectivity index (χ3n) is 11.9. The van der Waals surface area contributed by atoms with E-state index in [0.29, 0.717) is 18.3 Å². The average Bonchev–Trinajstić information content (AvgIpc) is 3.26. The van der Waals surface area contributed by atoms with Gasteiger partial charge in [0, 0.05) is 17.3 Å². The van der Waals surface area contributed by atoms with Crippen molar-refractivity contribution in [1.29, 1.82) is 0 Å². The van der Waals surface area contributed by atoms with Gasteiger partial charge in [-0.05, 0) is 87.9 Å². The number of hydrogen-bond acceptors (Lipinski definition) is 5. The lowest BCUT2D eigenvalue weighted by Gasteiger charge is -2.63. The fourth-order valence-corrected chi connectivity index (χ4v) is 10.2. The van der Waals surface area contributed by atoms with Gasteiger partial charge in [-0.15, -0.1) is 0 Å². The van der Waals surface area contributed by atoms with Crippen LogP contribution in [0, 0.1) is 40.4 Å². The van der Waals surface area contributed by atoms with Gasteiger partial charge in [0.25, 0.3) is 0 Å². The molecule has 6 rings (SSSR count). The highest BCUT2D eigenvalue weighted by molar-refractivity contribution is 5.30. The van der Waals surface area contributed by atoms with Gasteiger partial charge in [0.15, 0.2) is 6.29 Å². The maximum Gasteiger partial charge on any atom is 0.165 e. The summed E-state index contributed by atoms with van der Waals surface area (Å²) in [6, 6.07) is 0. The first-order chi connectivity index (χ1) is 15.5. The van der Waals surface area contributed by atoms with E-state index in [1.807, 2.05) is 0 Å². The molecule has 2 spiro atoms. The molecule has 5 heteroatoms. The molecule has 2 heterocycles. The maximum atomic E-state index is 11.7. The number of ether oxygens (including phenoxy) is 2. The Morgan fingerprint density at radius 1 is 1.00 bits per heavy atom. The topological polar surface area (TPSA) is 79.2 Å². The minimum atomic E-state index is -0.715. The van der Waals surface area contributed by atoms with Crippen molar-refractivity contribution >= 4 is 0 Å². The fraction of sp³-hybridized carbons (Fsp3) is 0.929. The highest BCUT2D eigenvalue weighted by Crippen LogP contribution is 2.79. The second-order valence-electron chi connectivity index (χ2n) is 13.5. The first-order valence-electron chi connectivity index (χ1n) is 13.6. The fourth-order valence-electron chi connectivity index (χ4n) is 10.2. The van der Waals surface area contributed by atoms with Crippen molar-refractivity contribution < 1.29 is 24.8 Å². The van der Waals surface area contributed by atoms with E-state index < -0.39 is 17.8 Å². The number of allylic oxidation sites excluding steroid dienone is 1. The molecule has 5 nitrogen and oxygen atoms in total. The summed E-state index contributed by atoms with van der Waals surface area (Å²) in [4.78, 5) is 0. The van der Waals surface area contributed by atoms with Crippen LogP contribution in [0.3, 0.4) is 0 Å². The summed E-state index contributed by atoms with van der Waals surface area (Å²) in [5, 5.41) is 33.6. The summed E-state index contributed by atoms with van der Waals surface area (Å²) in [5.41, 5.74) is 0.0600. The molecule has 2 aliphatic heterocycles. The molecular formula is C28H44O5. The molecule has 186 valence electrons. The lowest BCUT2D eigenvalue weighted by molar-refractivity contribution is -0.285. The van der Waals surface area contributed by atoms with Gasteiger partial charge in [-0.3, -0.25) is 0 Å². The number of fused-ring (bicyclic) bond motifs is 2. The Morgan fingerprint density at radius 2 is 1.76 bits per heavy atom. The van der Waals surface area contributed by atoms with Crippen LogP contribution in [0.15, 0.2) is 12.2 Å². The Balaban J connectivity index is 1.36. The molecular weight excluding hydrogens is 416 g/mol. The number of aliphatic hydroxyl groups excluding tert-OH is 3. The molecule has 12 atom stereocenters. The molecule has 0 aromatic carbocycles. The molecule has 4 saturated carbocycles. The third kappa shape index (κ3) is 2.67. The summed E-state index contributed by atoms with van der Waals surface area (Å²) < 4.78 is 13.8. The molecule has 6 aliphatic rings. The van der Waals surface area contributed by atoms with Gasteiger partial charge < -0.3 is 24.8 Å². The van der Waals surface area contributed by atoms with Crippen molar-refractivity contribution in [3.05, 3.63) is 12.2 Å². The molecule has 2 saturated heterocycles. The summed E-state index contributed by atoms with van der Waals surface area (Å²) in [7, 11) is 0. The molecule has 4 aliphatic carbocycles. The first-order valence-corrected chi connectivity index (χ1v) is 13.6. The van der Waals surface area contributed by atoms with Crippen molar-refractivity contribution in [2.45, 2.75) is 121 Å². The van der Waals surface area contributed by atoms with Gasteiger partial charge in [-0.1, -0.05) is 32.9 Å². The summed E-state index contributed by atoms with van der Waals surface area (Å²) >= 11 is 0. The van der Waals surface area contributed by atoms with Crippen molar-refractivity contribution in [1.82, 2.24) is 0 Å². The zero-order chi connectivity index (χ0) is 23.6. The SMILES string of the molecule is C=C(CCC1(C)OC2OC34C(O)CC5CC(O)CCC5(C)C3CCC23C1CC(O)C34)C(C)C. The minimum Gasteiger partial charge on any atom is -0.393 e. The summed E-state index contributed by atoms with van der Waals surface area (Å²) in [5.74, 6) is 1.17. The van der Waals surface area contributed by atoms with Gasteiger partial charge >= 0.3 is 0 Å². The maximum absolute atomic E-state index is 11.7. The molecule has 12 unspecified atom stereocenters. The van der Waals surface area contributed by atoms with E-state index >= 15 is 0 Å². The monoisotopic (exact) mass is 460 g/mol. The normalized spacial score (nSPS) is 58.8. The lowest BCUT2D eigenvalue weighted by Crippen LogP contribution is -2.68. The lowest BCUT2D eigenvalue weighted by atomic mass is 9.42. The predicted octanol–water partition coefficient (Wildman–Crippen LogP) is 4.19. The van der Waals surface area contributed by atoms with Gasteiger partial charge in [0.1, 0.15) is 5.60 Å².